The molecule has 0 aliphatic carbocycles. The molecular formula is C20H28N4O. The summed E-state index contributed by atoms with van der Waals surface area (Å²) in [6, 6.07) is 10.5. The van der Waals surface area contributed by atoms with Gasteiger partial charge in [-0.25, -0.2) is 4.68 Å². The van der Waals surface area contributed by atoms with E-state index in [1.165, 1.54) is 18.4 Å². The van der Waals surface area contributed by atoms with Crippen molar-refractivity contribution in [2.45, 2.75) is 59.2 Å². The Morgan fingerprint density at radius 3 is 2.92 bits per heavy atom. The molecule has 1 aliphatic rings. The van der Waals surface area contributed by atoms with E-state index in [0.717, 1.165) is 37.6 Å². The number of aryl methyl sites for hydroxylation is 2. The molecule has 0 radical (unpaired) electrons. The monoisotopic (exact) mass is 340 g/mol. The average molecular weight is 340 g/mol. The Kier molecular flexibility index (Phi) is 5.53. The van der Waals surface area contributed by atoms with Crippen LogP contribution in [0.4, 0.5) is 5.82 Å². The van der Waals surface area contributed by atoms with E-state index in [0.29, 0.717) is 11.6 Å². The first kappa shape index (κ1) is 17.7. The fourth-order valence-electron chi connectivity index (χ4n) is 3.49. The number of likely N-dealkylation sites (tertiary alicyclic amines) is 1. The predicted molar refractivity (Wildman–Crippen MR) is 101 cm³/mol. The molecule has 5 heteroatoms. The third-order valence-corrected chi connectivity index (χ3v) is 4.84. The normalized spacial score (nSPS) is 17.8. The van der Waals surface area contributed by atoms with Crippen molar-refractivity contribution >= 4 is 11.7 Å². The lowest BCUT2D eigenvalue weighted by molar-refractivity contribution is 0.102. The van der Waals surface area contributed by atoms with Gasteiger partial charge in [0.25, 0.3) is 5.91 Å². The van der Waals surface area contributed by atoms with Crippen LogP contribution >= 0.6 is 0 Å². The highest BCUT2D eigenvalue weighted by molar-refractivity contribution is 6.03. The molecule has 0 unspecified atom stereocenters. The van der Waals surface area contributed by atoms with Crippen LogP contribution in [0.3, 0.4) is 0 Å². The van der Waals surface area contributed by atoms with E-state index >= 15 is 0 Å². The van der Waals surface area contributed by atoms with Gasteiger partial charge in [0.2, 0.25) is 0 Å². The third kappa shape index (κ3) is 4.28. The number of aromatic nitrogens is 2. The van der Waals surface area contributed by atoms with Crippen LogP contribution in [0.1, 0.15) is 54.7 Å². The molecule has 5 nitrogen and oxygen atoms in total. The maximum Gasteiger partial charge on any atom is 0.256 e. The van der Waals surface area contributed by atoms with Gasteiger partial charge < -0.3 is 5.32 Å². The Morgan fingerprint density at radius 1 is 1.36 bits per heavy atom. The minimum Gasteiger partial charge on any atom is -0.307 e. The molecule has 1 N–H and O–H groups in total. The first-order valence-corrected chi connectivity index (χ1v) is 9.25. The number of hydrogen-bond acceptors (Lipinski definition) is 3. The zero-order chi connectivity index (χ0) is 17.8. The van der Waals surface area contributed by atoms with Crippen molar-refractivity contribution in [3.63, 3.8) is 0 Å². The molecule has 2 aromatic rings. The SMILES string of the molecule is CCCn1nc(C)cc1NC(=O)c1cccc(CN2CCC[C@@H]2C)c1. The number of carbonyl (C=O) groups excluding carboxylic acids is 1. The van der Waals surface area contributed by atoms with Gasteiger partial charge in [0, 0.05) is 30.8 Å². The lowest BCUT2D eigenvalue weighted by Gasteiger charge is -2.21. The number of amides is 1. The molecule has 1 aromatic heterocycles. The summed E-state index contributed by atoms with van der Waals surface area (Å²) in [5, 5.41) is 7.45. The van der Waals surface area contributed by atoms with E-state index in [9.17, 15) is 4.79 Å². The summed E-state index contributed by atoms with van der Waals surface area (Å²) < 4.78 is 1.86. The van der Waals surface area contributed by atoms with E-state index < -0.39 is 0 Å². The Hall–Kier alpha value is -2.14. The Balaban J connectivity index is 1.71. The number of nitrogens with zero attached hydrogens (tertiary/aromatic N) is 3. The minimum atomic E-state index is -0.0754. The Labute approximate surface area is 150 Å². The van der Waals surface area contributed by atoms with Crippen molar-refractivity contribution in [3.8, 4) is 0 Å². The number of carbonyl (C=O) groups is 1. The lowest BCUT2D eigenvalue weighted by atomic mass is 10.1. The maximum atomic E-state index is 12.7. The van der Waals surface area contributed by atoms with Gasteiger partial charge in [0.05, 0.1) is 5.69 Å². The van der Waals surface area contributed by atoms with Gasteiger partial charge in [-0.1, -0.05) is 19.1 Å². The van der Waals surface area contributed by atoms with Gasteiger partial charge in [-0.2, -0.15) is 5.10 Å². The van der Waals surface area contributed by atoms with Crippen molar-refractivity contribution < 1.29 is 4.79 Å². The highest BCUT2D eigenvalue weighted by atomic mass is 16.1. The third-order valence-electron chi connectivity index (χ3n) is 4.84. The number of rotatable bonds is 6. The number of benzene rings is 1. The molecule has 1 fully saturated rings. The molecule has 1 atom stereocenters. The van der Waals surface area contributed by atoms with E-state index in [2.05, 4.69) is 35.2 Å². The topological polar surface area (TPSA) is 50.2 Å². The molecule has 1 saturated heterocycles. The van der Waals surface area contributed by atoms with Crippen molar-refractivity contribution in [1.82, 2.24) is 14.7 Å². The first-order valence-electron chi connectivity index (χ1n) is 9.25. The summed E-state index contributed by atoms with van der Waals surface area (Å²) in [7, 11) is 0. The second-order valence-corrected chi connectivity index (χ2v) is 7.01. The first-order chi connectivity index (χ1) is 12.1. The second kappa shape index (κ2) is 7.83. The summed E-state index contributed by atoms with van der Waals surface area (Å²) in [5.41, 5.74) is 2.81. The van der Waals surface area contributed by atoms with E-state index in [4.69, 9.17) is 0 Å². The molecule has 3 rings (SSSR count). The van der Waals surface area contributed by atoms with Crippen molar-refractivity contribution in [3.05, 3.63) is 47.2 Å². The van der Waals surface area contributed by atoms with Crippen molar-refractivity contribution in [2.75, 3.05) is 11.9 Å². The standard InChI is InChI=1S/C20H28N4O/c1-4-10-24-19(12-15(2)22-24)21-20(25)18-9-5-8-17(13-18)14-23-11-6-7-16(23)3/h5,8-9,12-13,16H,4,6-7,10-11,14H2,1-3H3,(H,21,25)/t16-/m0/s1. The van der Waals surface area contributed by atoms with Crippen molar-refractivity contribution in [1.29, 1.82) is 0 Å². The number of anilines is 1. The van der Waals surface area contributed by atoms with Crippen LogP contribution in [0.25, 0.3) is 0 Å². The second-order valence-electron chi connectivity index (χ2n) is 7.01. The van der Waals surface area contributed by atoms with Crippen LogP contribution in [0.15, 0.2) is 30.3 Å². The van der Waals surface area contributed by atoms with Crippen LogP contribution in [-0.4, -0.2) is 33.2 Å². The average Bonchev–Trinajstić information content (AvgIpc) is 3.14. The van der Waals surface area contributed by atoms with Gasteiger partial charge >= 0.3 is 0 Å². The van der Waals surface area contributed by atoms with Gasteiger partial charge in [0.15, 0.2) is 0 Å². The fraction of sp³-hybridized carbons (Fsp3) is 0.500. The molecule has 0 saturated carbocycles. The van der Waals surface area contributed by atoms with Crippen LogP contribution in [-0.2, 0) is 13.1 Å². The summed E-state index contributed by atoms with van der Waals surface area (Å²) in [5.74, 6) is 0.691. The molecule has 25 heavy (non-hydrogen) atoms. The van der Waals surface area contributed by atoms with Crippen molar-refractivity contribution in [2.24, 2.45) is 0 Å². The molecule has 1 aliphatic heterocycles. The largest absolute Gasteiger partial charge is 0.307 e. The zero-order valence-electron chi connectivity index (χ0n) is 15.5. The zero-order valence-corrected chi connectivity index (χ0v) is 15.5. The van der Waals surface area contributed by atoms with Crippen LogP contribution < -0.4 is 5.32 Å². The quantitative estimate of drug-likeness (QED) is 0.869. The van der Waals surface area contributed by atoms with Crippen LogP contribution in [0.2, 0.25) is 0 Å². The Morgan fingerprint density at radius 2 is 2.20 bits per heavy atom. The molecule has 0 bridgehead atoms. The molecular weight excluding hydrogens is 312 g/mol. The number of hydrogen-bond donors (Lipinski definition) is 1. The number of nitrogens with one attached hydrogen (secondary N) is 1. The highest BCUT2D eigenvalue weighted by Gasteiger charge is 2.20. The smallest absolute Gasteiger partial charge is 0.256 e. The van der Waals surface area contributed by atoms with Gasteiger partial charge in [-0.3, -0.25) is 9.69 Å². The molecule has 1 aromatic carbocycles. The summed E-state index contributed by atoms with van der Waals surface area (Å²) in [6.07, 6.45) is 3.51. The molecule has 0 spiro atoms. The maximum absolute atomic E-state index is 12.7. The lowest BCUT2D eigenvalue weighted by Crippen LogP contribution is -2.26. The summed E-state index contributed by atoms with van der Waals surface area (Å²) >= 11 is 0. The molecule has 134 valence electrons. The molecule has 1 amide bonds. The summed E-state index contributed by atoms with van der Waals surface area (Å²) in [6.45, 7) is 9.18. The van der Waals surface area contributed by atoms with Crippen LogP contribution in [0, 0.1) is 6.92 Å². The van der Waals surface area contributed by atoms with Crippen LogP contribution in [0.5, 0.6) is 0 Å². The van der Waals surface area contributed by atoms with Gasteiger partial charge in [0.1, 0.15) is 5.82 Å². The van der Waals surface area contributed by atoms with Gasteiger partial charge in [-0.15, -0.1) is 0 Å². The Bertz CT molecular complexity index is 737. The molecule has 2 heterocycles. The predicted octanol–water partition coefficient (Wildman–Crippen LogP) is 3.84. The summed E-state index contributed by atoms with van der Waals surface area (Å²) in [4.78, 5) is 15.2. The fourth-order valence-corrected chi connectivity index (χ4v) is 3.49. The van der Waals surface area contributed by atoms with E-state index in [1.54, 1.807) is 0 Å². The van der Waals surface area contributed by atoms with E-state index in [-0.39, 0.29) is 5.91 Å². The highest BCUT2D eigenvalue weighted by Crippen LogP contribution is 2.20. The van der Waals surface area contributed by atoms with E-state index in [1.807, 2.05) is 35.9 Å². The van der Waals surface area contributed by atoms with Gasteiger partial charge in [-0.05, 0) is 57.4 Å². The minimum absolute atomic E-state index is 0.0754.